The molecule has 106 valence electrons. The number of alkyl halides is 3. The van der Waals surface area contributed by atoms with E-state index < -0.39 is 11.7 Å². The number of hydrogen-bond acceptors (Lipinski definition) is 1. The molecule has 0 aliphatic carbocycles. The van der Waals surface area contributed by atoms with Gasteiger partial charge in [-0.3, -0.25) is 0 Å². The van der Waals surface area contributed by atoms with Gasteiger partial charge >= 0.3 is 6.18 Å². The summed E-state index contributed by atoms with van der Waals surface area (Å²) >= 11 is 0. The van der Waals surface area contributed by atoms with Crippen LogP contribution in [0.5, 0.6) is 0 Å². The maximum Gasteiger partial charge on any atom is 0.416 e. The van der Waals surface area contributed by atoms with Crippen LogP contribution in [0, 0.1) is 5.82 Å². The zero-order valence-corrected chi connectivity index (χ0v) is 10.5. The summed E-state index contributed by atoms with van der Waals surface area (Å²) in [5.74, 6) is -0.288. The average Bonchev–Trinajstić information content (AvgIpc) is 2.41. The smallest absolute Gasteiger partial charge is 0.385 e. The highest BCUT2D eigenvalue weighted by Crippen LogP contribution is 2.29. The van der Waals surface area contributed by atoms with Crippen molar-refractivity contribution in [2.24, 2.45) is 0 Å². The van der Waals surface area contributed by atoms with Crippen LogP contribution in [0.15, 0.2) is 48.5 Å². The van der Waals surface area contributed by atoms with Crippen LogP contribution in [0.2, 0.25) is 0 Å². The number of halogens is 4. The molecule has 0 unspecified atom stereocenters. The number of rotatable bonds is 4. The number of anilines is 1. The van der Waals surface area contributed by atoms with E-state index in [1.165, 1.54) is 24.3 Å². The second-order valence-electron chi connectivity index (χ2n) is 4.38. The van der Waals surface area contributed by atoms with Crippen molar-refractivity contribution in [1.29, 1.82) is 0 Å². The van der Waals surface area contributed by atoms with Crippen molar-refractivity contribution in [3.63, 3.8) is 0 Å². The van der Waals surface area contributed by atoms with E-state index in [0.29, 0.717) is 18.7 Å². The second-order valence-corrected chi connectivity index (χ2v) is 4.38. The molecule has 0 amide bonds. The van der Waals surface area contributed by atoms with Crippen molar-refractivity contribution < 1.29 is 17.6 Å². The van der Waals surface area contributed by atoms with E-state index >= 15 is 0 Å². The number of nitrogens with one attached hydrogen (secondary N) is 1. The van der Waals surface area contributed by atoms with Crippen LogP contribution in [0.25, 0.3) is 0 Å². The molecule has 5 heteroatoms. The van der Waals surface area contributed by atoms with Gasteiger partial charge < -0.3 is 5.32 Å². The van der Waals surface area contributed by atoms with E-state index in [2.05, 4.69) is 5.32 Å². The first kappa shape index (κ1) is 14.4. The molecule has 20 heavy (non-hydrogen) atoms. The van der Waals surface area contributed by atoms with Crippen molar-refractivity contribution in [1.82, 2.24) is 0 Å². The quantitative estimate of drug-likeness (QED) is 0.815. The average molecular weight is 283 g/mol. The Kier molecular flexibility index (Phi) is 4.27. The van der Waals surface area contributed by atoms with Gasteiger partial charge in [-0.1, -0.05) is 12.1 Å². The standard InChI is InChI=1S/C15H13F4N/c16-13-5-1-11(2-6-13)9-10-20-14-7-3-12(4-8-14)15(17,18)19/h1-8,20H,9-10H2. The highest BCUT2D eigenvalue weighted by molar-refractivity contribution is 5.45. The molecule has 0 bridgehead atoms. The third kappa shape index (κ3) is 3.98. The Morgan fingerprint density at radius 3 is 2.00 bits per heavy atom. The molecule has 2 aromatic carbocycles. The first-order valence-corrected chi connectivity index (χ1v) is 6.11. The molecular formula is C15H13F4N. The van der Waals surface area contributed by atoms with Crippen molar-refractivity contribution in [2.45, 2.75) is 12.6 Å². The highest BCUT2D eigenvalue weighted by atomic mass is 19.4. The fraction of sp³-hybridized carbons (Fsp3) is 0.200. The van der Waals surface area contributed by atoms with Crippen molar-refractivity contribution in [3.05, 3.63) is 65.5 Å². The normalized spacial score (nSPS) is 11.4. The summed E-state index contributed by atoms with van der Waals surface area (Å²) in [4.78, 5) is 0. The molecule has 0 fully saturated rings. The lowest BCUT2D eigenvalue weighted by Gasteiger charge is -2.09. The zero-order valence-electron chi connectivity index (χ0n) is 10.5. The molecule has 0 aliphatic rings. The SMILES string of the molecule is Fc1ccc(CCNc2ccc(C(F)(F)F)cc2)cc1. The fourth-order valence-corrected chi connectivity index (χ4v) is 1.78. The predicted octanol–water partition coefficient (Wildman–Crippen LogP) is 4.50. The Morgan fingerprint density at radius 1 is 0.850 bits per heavy atom. The predicted molar refractivity (Wildman–Crippen MR) is 70.0 cm³/mol. The third-order valence-electron chi connectivity index (χ3n) is 2.87. The lowest BCUT2D eigenvalue weighted by atomic mass is 10.1. The summed E-state index contributed by atoms with van der Waals surface area (Å²) < 4.78 is 49.8. The van der Waals surface area contributed by atoms with Gasteiger partial charge in [0, 0.05) is 12.2 Å². The third-order valence-corrected chi connectivity index (χ3v) is 2.87. The molecule has 0 aromatic heterocycles. The minimum atomic E-state index is -4.31. The summed E-state index contributed by atoms with van der Waals surface area (Å²) in [6, 6.07) is 11.0. The van der Waals surface area contributed by atoms with Gasteiger partial charge in [0.15, 0.2) is 0 Å². The topological polar surface area (TPSA) is 12.0 Å². The summed E-state index contributed by atoms with van der Waals surface area (Å²) in [5.41, 5.74) is 0.924. The van der Waals surface area contributed by atoms with Crippen LogP contribution >= 0.6 is 0 Å². The molecule has 0 aliphatic heterocycles. The zero-order chi connectivity index (χ0) is 14.6. The van der Waals surface area contributed by atoms with Gasteiger partial charge in [-0.25, -0.2) is 4.39 Å². The summed E-state index contributed by atoms with van der Waals surface area (Å²) in [5, 5.41) is 3.03. The minimum Gasteiger partial charge on any atom is -0.385 e. The number of hydrogen-bond donors (Lipinski definition) is 1. The second kappa shape index (κ2) is 5.94. The van der Waals surface area contributed by atoms with Gasteiger partial charge in [0.2, 0.25) is 0 Å². The lowest BCUT2D eigenvalue weighted by Crippen LogP contribution is -2.07. The highest BCUT2D eigenvalue weighted by Gasteiger charge is 2.29. The van der Waals surface area contributed by atoms with Gasteiger partial charge in [0.1, 0.15) is 5.82 Å². The minimum absolute atomic E-state index is 0.288. The summed E-state index contributed by atoms with van der Waals surface area (Å²) in [7, 11) is 0. The van der Waals surface area contributed by atoms with E-state index in [1.54, 1.807) is 12.1 Å². The van der Waals surface area contributed by atoms with E-state index in [-0.39, 0.29) is 5.82 Å². The van der Waals surface area contributed by atoms with Crippen molar-refractivity contribution >= 4 is 5.69 Å². The maximum absolute atomic E-state index is 12.7. The molecular weight excluding hydrogens is 270 g/mol. The molecule has 0 spiro atoms. The van der Waals surface area contributed by atoms with Crippen LogP contribution in [0.1, 0.15) is 11.1 Å². The molecule has 1 N–H and O–H groups in total. The van der Waals surface area contributed by atoms with E-state index in [4.69, 9.17) is 0 Å². The van der Waals surface area contributed by atoms with E-state index in [9.17, 15) is 17.6 Å². The van der Waals surface area contributed by atoms with Gasteiger partial charge in [0.05, 0.1) is 5.56 Å². The monoisotopic (exact) mass is 283 g/mol. The molecule has 0 heterocycles. The Balaban J connectivity index is 1.87. The van der Waals surface area contributed by atoms with Crippen molar-refractivity contribution in [3.8, 4) is 0 Å². The van der Waals surface area contributed by atoms with Gasteiger partial charge in [0.25, 0.3) is 0 Å². The Hall–Kier alpha value is -2.04. The van der Waals surface area contributed by atoms with Gasteiger partial charge in [-0.05, 0) is 48.4 Å². The van der Waals surface area contributed by atoms with Crippen LogP contribution in [-0.4, -0.2) is 6.54 Å². The van der Waals surface area contributed by atoms with Crippen LogP contribution < -0.4 is 5.32 Å². The maximum atomic E-state index is 12.7. The molecule has 0 saturated carbocycles. The van der Waals surface area contributed by atoms with Gasteiger partial charge in [-0.15, -0.1) is 0 Å². The lowest BCUT2D eigenvalue weighted by molar-refractivity contribution is -0.137. The summed E-state index contributed by atoms with van der Waals surface area (Å²) in [6.45, 7) is 0.566. The first-order chi connectivity index (χ1) is 9.45. The van der Waals surface area contributed by atoms with Crippen molar-refractivity contribution in [2.75, 3.05) is 11.9 Å². The Bertz CT molecular complexity index is 544. The molecule has 0 radical (unpaired) electrons. The van der Waals surface area contributed by atoms with Crippen LogP contribution in [-0.2, 0) is 12.6 Å². The summed E-state index contributed by atoms with van der Waals surface area (Å²) in [6.07, 6.45) is -3.64. The molecule has 1 nitrogen and oxygen atoms in total. The fourth-order valence-electron chi connectivity index (χ4n) is 1.78. The first-order valence-electron chi connectivity index (χ1n) is 6.11. The number of benzene rings is 2. The van der Waals surface area contributed by atoms with Crippen LogP contribution in [0.4, 0.5) is 23.2 Å². The van der Waals surface area contributed by atoms with Crippen LogP contribution in [0.3, 0.4) is 0 Å². The molecule has 0 atom stereocenters. The molecule has 2 aromatic rings. The Labute approximate surface area is 114 Å². The van der Waals surface area contributed by atoms with E-state index in [1.807, 2.05) is 0 Å². The van der Waals surface area contributed by atoms with E-state index in [0.717, 1.165) is 17.7 Å². The largest absolute Gasteiger partial charge is 0.416 e. The van der Waals surface area contributed by atoms with Gasteiger partial charge in [-0.2, -0.15) is 13.2 Å². The molecule has 2 rings (SSSR count). The molecule has 0 saturated heterocycles. The Morgan fingerprint density at radius 2 is 1.45 bits per heavy atom.